The van der Waals surface area contributed by atoms with Crippen LogP contribution >= 0.6 is 0 Å². The minimum atomic E-state index is -0.462. The molecule has 6 nitrogen and oxygen atoms in total. The molecule has 98 valence electrons. The van der Waals surface area contributed by atoms with Gasteiger partial charge in [0.15, 0.2) is 11.5 Å². The molecule has 1 aromatic rings. The van der Waals surface area contributed by atoms with Crippen molar-refractivity contribution in [1.82, 2.24) is 15.5 Å². The van der Waals surface area contributed by atoms with Gasteiger partial charge in [-0.3, -0.25) is 0 Å². The molecule has 0 radical (unpaired) electrons. The van der Waals surface area contributed by atoms with Crippen molar-refractivity contribution in [2.75, 3.05) is 25.1 Å². The Morgan fingerprint density at radius 2 is 2.00 bits per heavy atom. The lowest BCUT2D eigenvalue weighted by atomic mass is 10.1. The van der Waals surface area contributed by atoms with E-state index in [0.29, 0.717) is 12.1 Å². The molecule has 1 saturated heterocycles. The number of methoxy groups -OCH3 is 1. The highest BCUT2D eigenvalue weighted by Gasteiger charge is 2.22. The highest BCUT2D eigenvalue weighted by Crippen LogP contribution is 2.14. The Hall–Kier alpha value is -1.69. The summed E-state index contributed by atoms with van der Waals surface area (Å²) in [5.41, 5.74) is 0.234. The number of anilines is 1. The highest BCUT2D eigenvalue weighted by molar-refractivity contribution is 5.86. The van der Waals surface area contributed by atoms with Gasteiger partial charge in [-0.1, -0.05) is 0 Å². The van der Waals surface area contributed by atoms with Gasteiger partial charge in [-0.2, -0.15) is 0 Å². The van der Waals surface area contributed by atoms with E-state index in [1.807, 2.05) is 6.07 Å². The minimum absolute atomic E-state index is 0.234. The van der Waals surface area contributed by atoms with Crippen LogP contribution in [0.25, 0.3) is 0 Å². The average molecular weight is 250 g/mol. The highest BCUT2D eigenvalue weighted by atomic mass is 16.5. The van der Waals surface area contributed by atoms with Crippen molar-refractivity contribution in [1.29, 1.82) is 0 Å². The molecule has 2 heterocycles. The first kappa shape index (κ1) is 12.8. The maximum Gasteiger partial charge on any atom is 0.358 e. The first-order valence-corrected chi connectivity index (χ1v) is 6.03. The number of nitrogens with zero attached hydrogens (tertiary/aromatic N) is 3. The molecule has 0 spiro atoms. The van der Waals surface area contributed by atoms with E-state index < -0.39 is 5.97 Å². The Bertz CT molecular complexity index is 411. The van der Waals surface area contributed by atoms with Gasteiger partial charge in [0.1, 0.15) is 0 Å². The smallest absolute Gasteiger partial charge is 0.358 e. The van der Waals surface area contributed by atoms with E-state index in [0.717, 1.165) is 18.9 Å². The van der Waals surface area contributed by atoms with Gasteiger partial charge < -0.3 is 15.0 Å². The van der Waals surface area contributed by atoms with Gasteiger partial charge in [-0.05, 0) is 26.0 Å². The quantitative estimate of drug-likeness (QED) is 0.769. The van der Waals surface area contributed by atoms with Crippen molar-refractivity contribution < 1.29 is 9.53 Å². The fraction of sp³-hybridized carbons (Fsp3) is 0.583. The molecule has 2 atom stereocenters. The van der Waals surface area contributed by atoms with Crippen molar-refractivity contribution in [3.8, 4) is 0 Å². The van der Waals surface area contributed by atoms with Crippen molar-refractivity contribution in [2.24, 2.45) is 0 Å². The number of piperazine rings is 1. The zero-order chi connectivity index (χ0) is 13.1. The Kier molecular flexibility index (Phi) is 3.76. The number of nitrogens with one attached hydrogen (secondary N) is 1. The number of carbonyl (C=O) groups excluding carboxylic acids is 1. The fourth-order valence-electron chi connectivity index (χ4n) is 2.22. The maximum atomic E-state index is 11.3. The molecule has 1 aromatic heterocycles. The van der Waals surface area contributed by atoms with E-state index in [-0.39, 0.29) is 5.69 Å². The molecule has 1 aliphatic rings. The molecule has 0 bridgehead atoms. The Labute approximate surface area is 106 Å². The van der Waals surface area contributed by atoms with E-state index in [1.165, 1.54) is 7.11 Å². The number of hydrogen-bond acceptors (Lipinski definition) is 6. The number of esters is 1. The predicted octanol–water partition coefficient (Wildman–Crippen LogP) is 0.450. The van der Waals surface area contributed by atoms with Gasteiger partial charge in [0.2, 0.25) is 0 Å². The van der Waals surface area contributed by atoms with Gasteiger partial charge >= 0.3 is 5.97 Å². The third kappa shape index (κ3) is 2.76. The predicted molar refractivity (Wildman–Crippen MR) is 67.6 cm³/mol. The normalized spacial score (nSPS) is 23.8. The lowest BCUT2D eigenvalue weighted by Crippen LogP contribution is -2.54. The second kappa shape index (κ2) is 5.30. The molecule has 18 heavy (non-hydrogen) atoms. The SMILES string of the molecule is COC(=O)c1ccc(N2CC(C)NC(C)C2)nn1. The monoisotopic (exact) mass is 250 g/mol. The molecule has 1 aliphatic heterocycles. The van der Waals surface area contributed by atoms with Gasteiger partial charge in [0.05, 0.1) is 7.11 Å². The van der Waals surface area contributed by atoms with Crippen LogP contribution in [-0.4, -0.2) is 48.4 Å². The third-order valence-electron chi connectivity index (χ3n) is 2.93. The number of carbonyl (C=O) groups is 1. The molecule has 0 amide bonds. The van der Waals surface area contributed by atoms with E-state index in [2.05, 4.69) is 39.0 Å². The molecule has 6 heteroatoms. The summed E-state index contributed by atoms with van der Waals surface area (Å²) in [5, 5.41) is 11.4. The Morgan fingerprint density at radius 3 is 2.50 bits per heavy atom. The summed E-state index contributed by atoms with van der Waals surface area (Å²) >= 11 is 0. The van der Waals surface area contributed by atoms with Crippen LogP contribution in [0.1, 0.15) is 24.3 Å². The van der Waals surface area contributed by atoms with Crippen LogP contribution in [0, 0.1) is 0 Å². The number of ether oxygens (including phenoxy) is 1. The average Bonchev–Trinajstić information content (AvgIpc) is 2.37. The van der Waals surface area contributed by atoms with Crippen molar-refractivity contribution >= 4 is 11.8 Å². The summed E-state index contributed by atoms with van der Waals surface area (Å²) in [6, 6.07) is 4.28. The van der Waals surface area contributed by atoms with Gasteiger partial charge in [-0.15, -0.1) is 10.2 Å². The topological polar surface area (TPSA) is 67.3 Å². The summed E-state index contributed by atoms with van der Waals surface area (Å²) in [5.74, 6) is 0.332. The molecule has 1 fully saturated rings. The van der Waals surface area contributed by atoms with Crippen LogP contribution in [0.2, 0.25) is 0 Å². The first-order chi connectivity index (χ1) is 8.60. The summed E-state index contributed by atoms with van der Waals surface area (Å²) in [4.78, 5) is 13.4. The third-order valence-corrected chi connectivity index (χ3v) is 2.93. The summed E-state index contributed by atoms with van der Waals surface area (Å²) in [7, 11) is 1.33. The van der Waals surface area contributed by atoms with Crippen LogP contribution in [0.3, 0.4) is 0 Å². The minimum Gasteiger partial charge on any atom is -0.464 e. The second-order valence-electron chi connectivity index (χ2n) is 4.64. The summed E-state index contributed by atoms with van der Waals surface area (Å²) < 4.78 is 4.59. The van der Waals surface area contributed by atoms with Crippen molar-refractivity contribution in [3.63, 3.8) is 0 Å². The van der Waals surface area contributed by atoms with Crippen LogP contribution in [-0.2, 0) is 4.74 Å². The molecule has 2 unspecified atom stereocenters. The van der Waals surface area contributed by atoms with Crippen LogP contribution in [0.15, 0.2) is 12.1 Å². The Balaban J connectivity index is 2.11. The zero-order valence-corrected chi connectivity index (χ0v) is 10.9. The number of aromatic nitrogens is 2. The molecular formula is C12H18N4O2. The lowest BCUT2D eigenvalue weighted by molar-refractivity contribution is 0.0592. The van der Waals surface area contributed by atoms with Gasteiger partial charge in [0, 0.05) is 25.2 Å². The molecule has 0 aromatic carbocycles. The van der Waals surface area contributed by atoms with Crippen molar-refractivity contribution in [2.45, 2.75) is 25.9 Å². The molecule has 2 rings (SSSR count). The number of rotatable bonds is 2. The Morgan fingerprint density at radius 1 is 1.33 bits per heavy atom. The molecule has 1 N–H and O–H groups in total. The molecule has 0 aliphatic carbocycles. The summed E-state index contributed by atoms with van der Waals surface area (Å²) in [6.45, 7) is 6.05. The van der Waals surface area contributed by atoms with E-state index in [4.69, 9.17) is 0 Å². The number of hydrogen-bond donors (Lipinski definition) is 1. The molecule has 0 saturated carbocycles. The van der Waals surface area contributed by atoms with E-state index in [1.54, 1.807) is 6.07 Å². The summed E-state index contributed by atoms with van der Waals surface area (Å²) in [6.07, 6.45) is 0. The van der Waals surface area contributed by atoms with Gasteiger partial charge in [0.25, 0.3) is 0 Å². The lowest BCUT2D eigenvalue weighted by Gasteiger charge is -2.36. The van der Waals surface area contributed by atoms with E-state index >= 15 is 0 Å². The van der Waals surface area contributed by atoms with Crippen LogP contribution < -0.4 is 10.2 Å². The molecular weight excluding hydrogens is 232 g/mol. The maximum absolute atomic E-state index is 11.3. The van der Waals surface area contributed by atoms with Gasteiger partial charge in [-0.25, -0.2) is 4.79 Å². The van der Waals surface area contributed by atoms with Crippen LogP contribution in [0.5, 0.6) is 0 Å². The standard InChI is InChI=1S/C12H18N4O2/c1-8-6-16(7-9(2)13-8)11-5-4-10(14-15-11)12(17)18-3/h4-5,8-9,13H,6-7H2,1-3H3. The largest absolute Gasteiger partial charge is 0.464 e. The van der Waals surface area contributed by atoms with Crippen LogP contribution in [0.4, 0.5) is 5.82 Å². The zero-order valence-electron chi connectivity index (χ0n) is 10.9. The second-order valence-corrected chi connectivity index (χ2v) is 4.64. The van der Waals surface area contributed by atoms with E-state index in [9.17, 15) is 4.79 Å². The van der Waals surface area contributed by atoms with Crippen molar-refractivity contribution in [3.05, 3.63) is 17.8 Å². The fourth-order valence-corrected chi connectivity index (χ4v) is 2.22. The first-order valence-electron chi connectivity index (χ1n) is 6.03.